The van der Waals surface area contributed by atoms with Gasteiger partial charge < -0.3 is 10.0 Å². The lowest BCUT2D eigenvalue weighted by molar-refractivity contribution is 0.0758. The van der Waals surface area contributed by atoms with Crippen LogP contribution in [0, 0.1) is 6.92 Å². The highest BCUT2D eigenvalue weighted by Crippen LogP contribution is 2.25. The van der Waals surface area contributed by atoms with Crippen molar-refractivity contribution in [1.29, 1.82) is 0 Å². The number of nitrogens with zero attached hydrogens (tertiary/aromatic N) is 3. The Morgan fingerprint density at radius 2 is 2.14 bits per heavy atom. The minimum Gasteiger partial charge on any atom is -0.391 e. The molecule has 116 valence electrons. The Labute approximate surface area is 138 Å². The van der Waals surface area contributed by atoms with E-state index in [2.05, 4.69) is 5.10 Å². The summed E-state index contributed by atoms with van der Waals surface area (Å²) in [7, 11) is 0. The van der Waals surface area contributed by atoms with Gasteiger partial charge in [-0.3, -0.25) is 4.79 Å². The summed E-state index contributed by atoms with van der Waals surface area (Å²) in [5, 5.41) is 14.9. The van der Waals surface area contributed by atoms with E-state index in [4.69, 9.17) is 23.2 Å². The van der Waals surface area contributed by atoms with E-state index in [9.17, 15) is 9.90 Å². The molecule has 0 spiro atoms. The Bertz CT molecular complexity index is 730. The van der Waals surface area contributed by atoms with E-state index in [-0.39, 0.29) is 5.91 Å². The number of likely N-dealkylation sites (tertiary alicyclic amines) is 1. The van der Waals surface area contributed by atoms with Gasteiger partial charge in [0, 0.05) is 23.8 Å². The van der Waals surface area contributed by atoms with Gasteiger partial charge >= 0.3 is 0 Å². The smallest absolute Gasteiger partial charge is 0.274 e. The third-order valence-electron chi connectivity index (χ3n) is 3.70. The summed E-state index contributed by atoms with van der Waals surface area (Å²) in [5.74, 6) is -0.177. The molecule has 3 rings (SSSR count). The molecule has 1 saturated heterocycles. The molecule has 1 fully saturated rings. The number of hydrogen-bond donors (Lipinski definition) is 1. The van der Waals surface area contributed by atoms with Gasteiger partial charge in [0.1, 0.15) is 0 Å². The Morgan fingerprint density at radius 3 is 2.77 bits per heavy atom. The van der Waals surface area contributed by atoms with Gasteiger partial charge in [0.2, 0.25) is 0 Å². The number of aromatic nitrogens is 2. The Hall–Kier alpha value is -1.56. The quantitative estimate of drug-likeness (QED) is 0.915. The highest BCUT2D eigenvalue weighted by molar-refractivity contribution is 6.35. The van der Waals surface area contributed by atoms with Gasteiger partial charge in [0.25, 0.3) is 5.91 Å². The van der Waals surface area contributed by atoms with Gasteiger partial charge in [-0.2, -0.15) is 5.10 Å². The molecule has 0 bridgehead atoms. The van der Waals surface area contributed by atoms with Gasteiger partial charge in [-0.25, -0.2) is 4.68 Å². The second-order valence-corrected chi connectivity index (χ2v) is 6.22. The first-order chi connectivity index (χ1) is 10.5. The third-order valence-corrected chi connectivity index (χ3v) is 4.23. The van der Waals surface area contributed by atoms with E-state index in [0.717, 1.165) is 5.69 Å². The summed E-state index contributed by atoms with van der Waals surface area (Å²) in [5.41, 5.74) is 1.81. The zero-order chi connectivity index (χ0) is 15.9. The molecule has 1 aromatic heterocycles. The number of aliphatic hydroxyl groups is 1. The number of aliphatic hydroxyl groups excluding tert-OH is 1. The molecule has 7 heteroatoms. The van der Waals surface area contributed by atoms with Crippen LogP contribution in [-0.4, -0.2) is 44.9 Å². The van der Waals surface area contributed by atoms with Crippen molar-refractivity contribution in [3.63, 3.8) is 0 Å². The number of hydrogen-bond acceptors (Lipinski definition) is 3. The average Bonchev–Trinajstić information content (AvgIpc) is 3.05. The lowest BCUT2D eigenvalue weighted by Crippen LogP contribution is -2.29. The van der Waals surface area contributed by atoms with Gasteiger partial charge in [-0.15, -0.1) is 0 Å². The average molecular weight is 340 g/mol. The summed E-state index contributed by atoms with van der Waals surface area (Å²) < 4.78 is 1.62. The van der Waals surface area contributed by atoms with Crippen LogP contribution in [0.5, 0.6) is 0 Å². The van der Waals surface area contributed by atoms with Crippen LogP contribution in [-0.2, 0) is 0 Å². The molecule has 0 saturated carbocycles. The van der Waals surface area contributed by atoms with Crippen molar-refractivity contribution in [3.05, 3.63) is 45.7 Å². The molecule has 0 aliphatic carbocycles. The Morgan fingerprint density at radius 1 is 1.36 bits per heavy atom. The molecule has 1 aromatic carbocycles. The van der Waals surface area contributed by atoms with Crippen LogP contribution in [0.4, 0.5) is 0 Å². The first kappa shape index (κ1) is 15.3. The van der Waals surface area contributed by atoms with E-state index in [1.165, 1.54) is 0 Å². The SMILES string of the molecule is Cc1cc(C(=O)N2CC[C@@H](O)C2)nn1-c1ccc(Cl)cc1Cl. The van der Waals surface area contributed by atoms with Crippen LogP contribution in [0.3, 0.4) is 0 Å². The predicted octanol–water partition coefficient (Wildman–Crippen LogP) is 2.69. The molecule has 5 nitrogen and oxygen atoms in total. The maximum atomic E-state index is 12.4. The van der Waals surface area contributed by atoms with Crippen LogP contribution in [0.2, 0.25) is 10.0 Å². The molecule has 1 aliphatic rings. The number of β-amino-alcohol motifs (C(OH)–C–C–N with tert-alkyl or cyclic N) is 1. The zero-order valence-corrected chi connectivity index (χ0v) is 13.5. The van der Waals surface area contributed by atoms with Gasteiger partial charge in [0.05, 0.1) is 16.8 Å². The summed E-state index contributed by atoms with van der Waals surface area (Å²) in [6, 6.07) is 6.84. The fourth-order valence-electron chi connectivity index (χ4n) is 2.56. The summed E-state index contributed by atoms with van der Waals surface area (Å²) in [6.07, 6.45) is 0.159. The zero-order valence-electron chi connectivity index (χ0n) is 12.0. The van der Waals surface area contributed by atoms with Crippen molar-refractivity contribution in [1.82, 2.24) is 14.7 Å². The van der Waals surface area contributed by atoms with Crippen LogP contribution in [0.15, 0.2) is 24.3 Å². The summed E-state index contributed by atoms with van der Waals surface area (Å²) in [6.45, 7) is 2.76. The molecule has 1 aliphatic heterocycles. The number of aryl methyl sites for hydroxylation is 1. The highest BCUT2D eigenvalue weighted by Gasteiger charge is 2.27. The fraction of sp³-hybridized carbons (Fsp3) is 0.333. The maximum absolute atomic E-state index is 12.4. The third kappa shape index (κ3) is 2.84. The number of halogens is 2. The first-order valence-electron chi connectivity index (χ1n) is 6.95. The van der Waals surface area contributed by atoms with E-state index in [0.29, 0.717) is 40.9 Å². The number of carbonyl (C=O) groups excluding carboxylic acids is 1. The maximum Gasteiger partial charge on any atom is 0.274 e. The largest absolute Gasteiger partial charge is 0.391 e. The summed E-state index contributed by atoms with van der Waals surface area (Å²) >= 11 is 12.1. The second-order valence-electron chi connectivity index (χ2n) is 5.37. The minimum atomic E-state index is -0.446. The molecule has 0 unspecified atom stereocenters. The monoisotopic (exact) mass is 339 g/mol. The molecular weight excluding hydrogens is 325 g/mol. The van der Waals surface area contributed by atoms with Crippen LogP contribution < -0.4 is 0 Å². The van der Waals surface area contributed by atoms with Crippen LogP contribution in [0.25, 0.3) is 5.69 Å². The van der Waals surface area contributed by atoms with Crippen molar-refractivity contribution in [2.24, 2.45) is 0 Å². The lowest BCUT2D eigenvalue weighted by Gasteiger charge is -2.13. The molecule has 1 N–H and O–H groups in total. The second kappa shape index (κ2) is 5.91. The van der Waals surface area contributed by atoms with Crippen molar-refractivity contribution in [3.8, 4) is 5.69 Å². The number of rotatable bonds is 2. The molecule has 0 radical (unpaired) electrons. The Kier molecular flexibility index (Phi) is 4.12. The normalized spacial score (nSPS) is 18.0. The minimum absolute atomic E-state index is 0.177. The van der Waals surface area contributed by atoms with Gasteiger partial charge in [-0.1, -0.05) is 23.2 Å². The van der Waals surface area contributed by atoms with E-state index in [1.54, 1.807) is 33.8 Å². The topological polar surface area (TPSA) is 58.4 Å². The number of carbonyl (C=O) groups is 1. The fourth-order valence-corrected chi connectivity index (χ4v) is 3.05. The highest BCUT2D eigenvalue weighted by atomic mass is 35.5. The molecule has 1 atom stereocenters. The number of amides is 1. The van der Waals surface area contributed by atoms with Crippen molar-refractivity contribution < 1.29 is 9.90 Å². The van der Waals surface area contributed by atoms with Gasteiger partial charge in [0.15, 0.2) is 5.69 Å². The van der Waals surface area contributed by atoms with Crippen molar-refractivity contribution in [2.45, 2.75) is 19.4 Å². The van der Waals surface area contributed by atoms with Gasteiger partial charge in [-0.05, 0) is 37.6 Å². The van der Waals surface area contributed by atoms with E-state index in [1.807, 2.05) is 6.92 Å². The predicted molar refractivity (Wildman–Crippen MR) is 84.8 cm³/mol. The van der Waals surface area contributed by atoms with Crippen molar-refractivity contribution in [2.75, 3.05) is 13.1 Å². The Balaban J connectivity index is 1.92. The van der Waals surface area contributed by atoms with Crippen LogP contribution in [0.1, 0.15) is 22.6 Å². The molecule has 2 heterocycles. The molecular formula is C15H15Cl2N3O2. The van der Waals surface area contributed by atoms with Crippen molar-refractivity contribution >= 4 is 29.1 Å². The lowest BCUT2D eigenvalue weighted by atomic mass is 10.3. The first-order valence-corrected chi connectivity index (χ1v) is 7.70. The molecule has 2 aromatic rings. The molecule has 1 amide bonds. The molecule has 22 heavy (non-hydrogen) atoms. The van der Waals surface area contributed by atoms with Crippen LogP contribution >= 0.6 is 23.2 Å². The standard InChI is InChI=1S/C15H15Cl2N3O2/c1-9-6-13(15(22)19-5-4-11(21)8-19)18-20(9)14-3-2-10(16)7-12(14)17/h2-3,6-7,11,21H,4-5,8H2,1H3/t11-/m1/s1. The van der Waals surface area contributed by atoms with E-state index < -0.39 is 6.10 Å². The van der Waals surface area contributed by atoms with E-state index >= 15 is 0 Å². The number of benzene rings is 1. The summed E-state index contributed by atoms with van der Waals surface area (Å²) in [4.78, 5) is 14.0.